The zero-order valence-corrected chi connectivity index (χ0v) is 17.6. The molecule has 6 nitrogen and oxygen atoms in total. The van der Waals surface area contributed by atoms with Crippen LogP contribution in [0.2, 0.25) is 0 Å². The fourth-order valence-corrected chi connectivity index (χ4v) is 3.72. The largest absolute Gasteiger partial charge is 0.298 e. The molecular formula is C22H20FN5OS. The van der Waals surface area contributed by atoms with Gasteiger partial charge in [0.2, 0.25) is 0 Å². The van der Waals surface area contributed by atoms with Crippen molar-refractivity contribution >= 4 is 22.4 Å². The Kier molecular flexibility index (Phi) is 5.41. The first-order valence-electron chi connectivity index (χ1n) is 9.47. The second-order valence-corrected chi connectivity index (χ2v) is 7.96. The van der Waals surface area contributed by atoms with Gasteiger partial charge in [-0.25, -0.2) is 9.37 Å². The molecule has 0 fully saturated rings. The molecule has 152 valence electrons. The van der Waals surface area contributed by atoms with Crippen LogP contribution in [0.1, 0.15) is 35.8 Å². The summed E-state index contributed by atoms with van der Waals surface area (Å²) in [7, 11) is 0. The summed E-state index contributed by atoms with van der Waals surface area (Å²) in [6.07, 6.45) is 3.35. The summed E-state index contributed by atoms with van der Waals surface area (Å²) in [5.74, 6) is -0.818. The van der Waals surface area contributed by atoms with Crippen LogP contribution in [0.4, 0.5) is 9.52 Å². The Labute approximate surface area is 177 Å². The fraction of sp³-hybridized carbons (Fsp3) is 0.182. The maximum atomic E-state index is 14.4. The summed E-state index contributed by atoms with van der Waals surface area (Å²) < 4.78 is 16.0. The van der Waals surface area contributed by atoms with Crippen LogP contribution in [-0.4, -0.2) is 25.7 Å². The number of carbonyl (C=O) groups is 1. The molecule has 0 atom stereocenters. The topological polar surface area (TPSA) is 72.7 Å². The van der Waals surface area contributed by atoms with Crippen molar-refractivity contribution in [2.24, 2.45) is 0 Å². The second-order valence-electron chi connectivity index (χ2n) is 7.11. The number of amides is 1. The van der Waals surface area contributed by atoms with Crippen molar-refractivity contribution in [3.05, 3.63) is 71.1 Å². The van der Waals surface area contributed by atoms with Gasteiger partial charge in [-0.2, -0.15) is 5.10 Å². The highest BCUT2D eigenvalue weighted by molar-refractivity contribution is 7.14. The van der Waals surface area contributed by atoms with E-state index in [9.17, 15) is 9.18 Å². The number of hydrogen-bond donors (Lipinski definition) is 1. The van der Waals surface area contributed by atoms with Gasteiger partial charge in [-0.05, 0) is 44.5 Å². The number of halogens is 1. The fourth-order valence-electron chi connectivity index (χ4n) is 3.03. The minimum absolute atomic E-state index is 0.0238. The van der Waals surface area contributed by atoms with E-state index >= 15 is 0 Å². The first kappa shape index (κ1) is 19.9. The molecule has 0 radical (unpaired) electrons. The Morgan fingerprint density at radius 1 is 1.17 bits per heavy atom. The molecular weight excluding hydrogens is 401 g/mol. The Hall–Kier alpha value is -3.39. The minimum atomic E-state index is -0.428. The molecule has 0 unspecified atom stereocenters. The van der Waals surface area contributed by atoms with E-state index in [0.717, 1.165) is 11.3 Å². The number of carbonyl (C=O) groups excluding carboxylic acids is 1. The van der Waals surface area contributed by atoms with Crippen molar-refractivity contribution < 1.29 is 9.18 Å². The quantitative estimate of drug-likeness (QED) is 0.471. The van der Waals surface area contributed by atoms with Gasteiger partial charge in [0.15, 0.2) is 5.13 Å². The number of aromatic nitrogens is 4. The molecule has 0 bridgehead atoms. The number of aryl methyl sites for hydroxylation is 1. The second kappa shape index (κ2) is 8.16. The molecule has 0 aliphatic heterocycles. The Morgan fingerprint density at radius 2 is 1.97 bits per heavy atom. The van der Waals surface area contributed by atoms with Crippen LogP contribution in [0.5, 0.6) is 0 Å². The molecule has 3 heterocycles. The lowest BCUT2D eigenvalue weighted by Crippen LogP contribution is -2.12. The standard InChI is InChI=1S/C22H20FN5OS/c1-13(2)28-11-16(20(27-28)15-8-4-5-9-17(15)23)21(29)26-22-25-18(12-30-22)19-14(3)7-6-10-24-19/h4-13H,1-3H3,(H,25,26,29). The van der Waals surface area contributed by atoms with E-state index < -0.39 is 11.7 Å². The van der Waals surface area contributed by atoms with Crippen molar-refractivity contribution in [1.82, 2.24) is 19.7 Å². The number of anilines is 1. The number of thiazole rings is 1. The highest BCUT2D eigenvalue weighted by Gasteiger charge is 2.22. The number of pyridine rings is 1. The summed E-state index contributed by atoms with van der Waals surface area (Å²) in [4.78, 5) is 21.9. The molecule has 30 heavy (non-hydrogen) atoms. The average Bonchev–Trinajstić information content (AvgIpc) is 3.36. The maximum absolute atomic E-state index is 14.4. The predicted octanol–water partition coefficient (Wildman–Crippen LogP) is 5.35. The van der Waals surface area contributed by atoms with Gasteiger partial charge in [0.1, 0.15) is 17.2 Å². The monoisotopic (exact) mass is 421 g/mol. The van der Waals surface area contributed by atoms with Crippen molar-refractivity contribution in [3.8, 4) is 22.6 Å². The van der Waals surface area contributed by atoms with Crippen LogP contribution < -0.4 is 5.32 Å². The first-order chi connectivity index (χ1) is 14.4. The van der Waals surface area contributed by atoms with Crippen LogP contribution in [0.3, 0.4) is 0 Å². The molecule has 1 amide bonds. The first-order valence-corrected chi connectivity index (χ1v) is 10.3. The van der Waals surface area contributed by atoms with Gasteiger partial charge in [0, 0.05) is 29.4 Å². The molecule has 1 aromatic carbocycles. The third-order valence-corrected chi connectivity index (χ3v) is 5.37. The van der Waals surface area contributed by atoms with Crippen LogP contribution in [0.25, 0.3) is 22.6 Å². The predicted molar refractivity (Wildman–Crippen MR) is 116 cm³/mol. The molecule has 0 aliphatic rings. The molecule has 0 saturated carbocycles. The van der Waals surface area contributed by atoms with Gasteiger partial charge in [-0.15, -0.1) is 11.3 Å². The lowest BCUT2D eigenvalue weighted by atomic mass is 10.1. The highest BCUT2D eigenvalue weighted by Crippen LogP contribution is 2.29. The summed E-state index contributed by atoms with van der Waals surface area (Å²) >= 11 is 1.31. The maximum Gasteiger partial charge on any atom is 0.261 e. The van der Waals surface area contributed by atoms with E-state index in [1.165, 1.54) is 17.4 Å². The van der Waals surface area contributed by atoms with Crippen LogP contribution in [0.15, 0.2) is 54.2 Å². The molecule has 0 aliphatic carbocycles. The minimum Gasteiger partial charge on any atom is -0.298 e. The van der Waals surface area contributed by atoms with E-state index in [2.05, 4.69) is 20.4 Å². The lowest BCUT2D eigenvalue weighted by Gasteiger charge is -2.04. The SMILES string of the molecule is Cc1cccnc1-c1csc(NC(=O)c2cn(C(C)C)nc2-c2ccccc2F)n1. The smallest absolute Gasteiger partial charge is 0.261 e. The van der Waals surface area contributed by atoms with Crippen LogP contribution in [-0.2, 0) is 0 Å². The summed E-state index contributed by atoms with van der Waals surface area (Å²) in [5.41, 5.74) is 3.34. The van der Waals surface area contributed by atoms with Crippen molar-refractivity contribution in [1.29, 1.82) is 0 Å². The Morgan fingerprint density at radius 3 is 2.70 bits per heavy atom. The average molecular weight is 422 g/mol. The zero-order valence-electron chi connectivity index (χ0n) is 16.8. The third kappa shape index (κ3) is 3.86. The number of rotatable bonds is 5. The number of nitrogens with zero attached hydrogens (tertiary/aromatic N) is 4. The van der Waals surface area contributed by atoms with Crippen LogP contribution in [0, 0.1) is 12.7 Å². The van der Waals surface area contributed by atoms with Gasteiger partial charge >= 0.3 is 0 Å². The summed E-state index contributed by atoms with van der Waals surface area (Å²) in [6.45, 7) is 5.85. The molecule has 3 aromatic heterocycles. The van der Waals surface area contributed by atoms with Gasteiger partial charge in [0.25, 0.3) is 5.91 Å². The summed E-state index contributed by atoms with van der Waals surface area (Å²) in [6, 6.07) is 10.1. The van der Waals surface area contributed by atoms with Gasteiger partial charge < -0.3 is 0 Å². The van der Waals surface area contributed by atoms with E-state index in [0.29, 0.717) is 22.1 Å². The molecule has 0 spiro atoms. The van der Waals surface area contributed by atoms with Crippen molar-refractivity contribution in [2.75, 3.05) is 5.32 Å². The van der Waals surface area contributed by atoms with Crippen molar-refractivity contribution in [2.45, 2.75) is 26.8 Å². The number of benzene rings is 1. The van der Waals surface area contributed by atoms with Crippen LogP contribution >= 0.6 is 11.3 Å². The zero-order chi connectivity index (χ0) is 21.3. The highest BCUT2D eigenvalue weighted by atomic mass is 32.1. The number of hydrogen-bond acceptors (Lipinski definition) is 5. The summed E-state index contributed by atoms with van der Waals surface area (Å²) in [5, 5.41) is 9.56. The lowest BCUT2D eigenvalue weighted by molar-refractivity contribution is 0.102. The van der Waals surface area contributed by atoms with Gasteiger partial charge in [-0.3, -0.25) is 19.8 Å². The molecule has 1 N–H and O–H groups in total. The molecule has 4 rings (SSSR count). The van der Waals surface area contributed by atoms with E-state index in [1.54, 1.807) is 35.3 Å². The third-order valence-electron chi connectivity index (χ3n) is 4.61. The van der Waals surface area contributed by atoms with Gasteiger partial charge in [-0.1, -0.05) is 18.2 Å². The Bertz CT molecular complexity index is 1210. The Balaban J connectivity index is 1.66. The normalized spacial score (nSPS) is 11.1. The van der Waals surface area contributed by atoms with Crippen molar-refractivity contribution in [3.63, 3.8) is 0 Å². The molecule has 4 aromatic rings. The number of nitrogens with one attached hydrogen (secondary N) is 1. The molecule has 0 saturated heterocycles. The van der Waals surface area contributed by atoms with Gasteiger partial charge in [0.05, 0.1) is 11.3 Å². The van der Waals surface area contributed by atoms with E-state index in [4.69, 9.17) is 0 Å². The van der Waals surface area contributed by atoms with E-state index in [1.807, 2.05) is 38.3 Å². The van der Waals surface area contributed by atoms with E-state index in [-0.39, 0.29) is 11.6 Å². The molecule has 8 heteroatoms.